The molecular weight excluding hydrogens is 322 g/mol. The van der Waals surface area contributed by atoms with Crippen LogP contribution in [0.15, 0.2) is 22.9 Å². The molecule has 1 atom stereocenters. The van der Waals surface area contributed by atoms with Gasteiger partial charge in [-0.25, -0.2) is 4.98 Å². The molecule has 19 heavy (non-hydrogen) atoms. The number of nitrogens with zero attached hydrogens (tertiary/aromatic N) is 2. The number of fused-ring (bicyclic) bond motifs is 1. The number of aryl methyl sites for hydroxylation is 2. The number of nitrogens with one attached hydrogen (secondary N) is 1. The highest BCUT2D eigenvalue weighted by atomic mass is 79.9. The Hall–Kier alpha value is -0.780. The first-order valence-corrected chi connectivity index (χ1v) is 8.21. The minimum Gasteiger partial charge on any atom is -0.304 e. The SMILES string of the molecule is CCNC(c1cncc(Br)c1)c1nc2c(s1)CCC2. The van der Waals surface area contributed by atoms with E-state index in [1.54, 1.807) is 0 Å². The monoisotopic (exact) mass is 337 g/mol. The van der Waals surface area contributed by atoms with E-state index in [1.165, 1.54) is 34.0 Å². The second-order valence-corrected chi connectivity index (χ2v) is 6.73. The van der Waals surface area contributed by atoms with E-state index in [9.17, 15) is 0 Å². The summed E-state index contributed by atoms with van der Waals surface area (Å²) in [6.45, 7) is 3.04. The molecule has 1 aliphatic rings. The van der Waals surface area contributed by atoms with E-state index >= 15 is 0 Å². The van der Waals surface area contributed by atoms with Gasteiger partial charge in [0.1, 0.15) is 5.01 Å². The Morgan fingerprint density at radius 3 is 3.05 bits per heavy atom. The van der Waals surface area contributed by atoms with Crippen molar-refractivity contribution in [2.45, 2.75) is 32.2 Å². The van der Waals surface area contributed by atoms with Gasteiger partial charge in [-0.15, -0.1) is 11.3 Å². The second-order valence-electron chi connectivity index (χ2n) is 4.70. The van der Waals surface area contributed by atoms with Gasteiger partial charge in [-0.05, 0) is 53.4 Å². The van der Waals surface area contributed by atoms with Crippen molar-refractivity contribution in [3.8, 4) is 0 Å². The Bertz CT molecular complexity index is 560. The van der Waals surface area contributed by atoms with E-state index in [0.29, 0.717) is 0 Å². The van der Waals surface area contributed by atoms with E-state index in [1.807, 2.05) is 23.7 Å². The highest BCUT2D eigenvalue weighted by molar-refractivity contribution is 9.10. The van der Waals surface area contributed by atoms with Gasteiger partial charge in [0, 0.05) is 21.7 Å². The van der Waals surface area contributed by atoms with Crippen LogP contribution in [0.3, 0.4) is 0 Å². The van der Waals surface area contributed by atoms with Crippen LogP contribution >= 0.6 is 27.3 Å². The molecule has 2 aromatic rings. The van der Waals surface area contributed by atoms with Crippen LogP contribution in [0.25, 0.3) is 0 Å². The highest BCUT2D eigenvalue weighted by Crippen LogP contribution is 2.33. The van der Waals surface area contributed by atoms with Crippen LogP contribution < -0.4 is 5.32 Å². The zero-order valence-electron chi connectivity index (χ0n) is 10.8. The number of rotatable bonds is 4. The zero-order chi connectivity index (χ0) is 13.2. The van der Waals surface area contributed by atoms with E-state index < -0.39 is 0 Å². The number of hydrogen-bond donors (Lipinski definition) is 1. The van der Waals surface area contributed by atoms with Crippen molar-refractivity contribution in [1.82, 2.24) is 15.3 Å². The second kappa shape index (κ2) is 5.69. The summed E-state index contributed by atoms with van der Waals surface area (Å²) in [4.78, 5) is 10.6. The minimum atomic E-state index is 0.158. The van der Waals surface area contributed by atoms with Gasteiger partial charge in [0.2, 0.25) is 0 Å². The fourth-order valence-electron chi connectivity index (χ4n) is 2.47. The molecule has 0 radical (unpaired) electrons. The lowest BCUT2D eigenvalue weighted by atomic mass is 10.1. The molecule has 100 valence electrons. The van der Waals surface area contributed by atoms with E-state index in [2.05, 4.69) is 39.2 Å². The normalized spacial score (nSPS) is 15.5. The van der Waals surface area contributed by atoms with Crippen LogP contribution in [0.2, 0.25) is 0 Å². The number of hydrogen-bond acceptors (Lipinski definition) is 4. The number of halogens is 1. The molecule has 1 unspecified atom stereocenters. The summed E-state index contributed by atoms with van der Waals surface area (Å²) >= 11 is 5.35. The molecule has 1 aliphatic carbocycles. The molecule has 3 rings (SSSR count). The fraction of sp³-hybridized carbons (Fsp3) is 0.429. The topological polar surface area (TPSA) is 37.8 Å². The lowest BCUT2D eigenvalue weighted by molar-refractivity contribution is 0.622. The quantitative estimate of drug-likeness (QED) is 0.927. The van der Waals surface area contributed by atoms with Gasteiger partial charge in [-0.3, -0.25) is 4.98 Å². The summed E-state index contributed by atoms with van der Waals surface area (Å²) in [6.07, 6.45) is 7.34. The van der Waals surface area contributed by atoms with Gasteiger partial charge in [-0.1, -0.05) is 6.92 Å². The van der Waals surface area contributed by atoms with Crippen LogP contribution in [0.1, 0.15) is 40.5 Å². The van der Waals surface area contributed by atoms with Crippen molar-refractivity contribution in [1.29, 1.82) is 0 Å². The molecule has 2 aromatic heterocycles. The molecule has 2 heterocycles. The first-order chi connectivity index (χ1) is 9.28. The largest absolute Gasteiger partial charge is 0.304 e. The summed E-state index contributed by atoms with van der Waals surface area (Å²) < 4.78 is 1.01. The molecule has 1 N–H and O–H groups in total. The van der Waals surface area contributed by atoms with Gasteiger partial charge >= 0.3 is 0 Å². The molecule has 0 aromatic carbocycles. The maximum Gasteiger partial charge on any atom is 0.115 e. The van der Waals surface area contributed by atoms with E-state index in [-0.39, 0.29) is 6.04 Å². The molecule has 0 fully saturated rings. The van der Waals surface area contributed by atoms with Gasteiger partial charge in [-0.2, -0.15) is 0 Å². The van der Waals surface area contributed by atoms with Crippen LogP contribution in [-0.4, -0.2) is 16.5 Å². The molecule has 5 heteroatoms. The highest BCUT2D eigenvalue weighted by Gasteiger charge is 2.23. The molecule has 0 amide bonds. The number of pyridine rings is 1. The van der Waals surface area contributed by atoms with Crippen molar-refractivity contribution in [3.63, 3.8) is 0 Å². The Balaban J connectivity index is 1.95. The lowest BCUT2D eigenvalue weighted by Crippen LogP contribution is -2.22. The molecule has 0 aliphatic heterocycles. The predicted molar refractivity (Wildman–Crippen MR) is 81.6 cm³/mol. The molecule has 0 saturated carbocycles. The lowest BCUT2D eigenvalue weighted by Gasteiger charge is -2.15. The third-order valence-electron chi connectivity index (χ3n) is 3.33. The smallest absolute Gasteiger partial charge is 0.115 e. The van der Waals surface area contributed by atoms with Gasteiger partial charge in [0.05, 0.1) is 11.7 Å². The summed E-state index contributed by atoms with van der Waals surface area (Å²) in [6, 6.07) is 2.28. The summed E-state index contributed by atoms with van der Waals surface area (Å²) in [5.74, 6) is 0. The fourth-order valence-corrected chi connectivity index (χ4v) is 4.11. The van der Waals surface area contributed by atoms with Crippen molar-refractivity contribution in [3.05, 3.63) is 44.1 Å². The summed E-state index contributed by atoms with van der Waals surface area (Å²) in [5.41, 5.74) is 2.48. The summed E-state index contributed by atoms with van der Waals surface area (Å²) in [5, 5.41) is 4.69. The maximum atomic E-state index is 4.83. The van der Waals surface area contributed by atoms with Crippen LogP contribution in [0.4, 0.5) is 0 Å². The Labute approximate surface area is 125 Å². The average molecular weight is 338 g/mol. The van der Waals surface area contributed by atoms with Gasteiger partial charge in [0.15, 0.2) is 0 Å². The van der Waals surface area contributed by atoms with E-state index in [4.69, 9.17) is 4.98 Å². The van der Waals surface area contributed by atoms with Crippen molar-refractivity contribution < 1.29 is 0 Å². The van der Waals surface area contributed by atoms with Crippen molar-refractivity contribution >= 4 is 27.3 Å². The van der Waals surface area contributed by atoms with Gasteiger partial charge < -0.3 is 5.32 Å². The molecule has 0 bridgehead atoms. The number of thiazole rings is 1. The minimum absolute atomic E-state index is 0.158. The zero-order valence-corrected chi connectivity index (χ0v) is 13.2. The van der Waals surface area contributed by atoms with Crippen LogP contribution in [0, 0.1) is 0 Å². The number of aromatic nitrogens is 2. The third kappa shape index (κ3) is 2.73. The standard InChI is InChI=1S/C14H16BrN3S/c1-2-17-13(9-6-10(15)8-16-7-9)14-18-11-4-3-5-12(11)19-14/h6-8,13,17H,2-5H2,1H3. The van der Waals surface area contributed by atoms with Gasteiger partial charge in [0.25, 0.3) is 0 Å². The molecule has 0 saturated heterocycles. The molecular formula is C14H16BrN3S. The predicted octanol–water partition coefficient (Wildman–Crippen LogP) is 3.49. The van der Waals surface area contributed by atoms with Crippen molar-refractivity contribution in [2.75, 3.05) is 6.54 Å². The Morgan fingerprint density at radius 2 is 2.32 bits per heavy atom. The first-order valence-electron chi connectivity index (χ1n) is 6.60. The third-order valence-corrected chi connectivity index (χ3v) is 4.98. The Kier molecular flexibility index (Phi) is 3.96. The van der Waals surface area contributed by atoms with Crippen LogP contribution in [-0.2, 0) is 12.8 Å². The van der Waals surface area contributed by atoms with Crippen LogP contribution in [0.5, 0.6) is 0 Å². The molecule has 0 spiro atoms. The van der Waals surface area contributed by atoms with Crippen molar-refractivity contribution in [2.24, 2.45) is 0 Å². The first kappa shape index (κ1) is 13.2. The summed E-state index contributed by atoms with van der Waals surface area (Å²) in [7, 11) is 0. The average Bonchev–Trinajstić information content (AvgIpc) is 2.96. The maximum absolute atomic E-state index is 4.83. The molecule has 3 nitrogen and oxygen atoms in total. The Morgan fingerprint density at radius 1 is 1.42 bits per heavy atom. The van der Waals surface area contributed by atoms with E-state index in [0.717, 1.165) is 17.4 Å².